The van der Waals surface area contributed by atoms with Crippen LogP contribution in [0.3, 0.4) is 0 Å². The Morgan fingerprint density at radius 3 is 2.48 bits per heavy atom. The number of hydrogen-bond donors (Lipinski definition) is 0. The number of anilines is 1. The molecule has 0 N–H and O–H groups in total. The topological polar surface area (TPSA) is 84.0 Å². The van der Waals surface area contributed by atoms with Crippen molar-refractivity contribution in [2.45, 2.75) is 37.8 Å². The van der Waals surface area contributed by atoms with Crippen molar-refractivity contribution in [2.24, 2.45) is 0 Å². The first-order chi connectivity index (χ1) is 13.7. The number of hydrogen-bond acceptors (Lipinski definition) is 5. The predicted octanol–water partition coefficient (Wildman–Crippen LogP) is 2.35. The van der Waals surface area contributed by atoms with Gasteiger partial charge < -0.3 is 9.64 Å². The van der Waals surface area contributed by atoms with E-state index >= 15 is 0 Å². The monoisotopic (exact) mass is 416 g/mol. The molecule has 1 aliphatic heterocycles. The summed E-state index contributed by atoms with van der Waals surface area (Å²) in [5, 5.41) is 0. The van der Waals surface area contributed by atoms with Crippen LogP contribution in [0.15, 0.2) is 53.4 Å². The van der Waals surface area contributed by atoms with Crippen LogP contribution < -0.4 is 4.90 Å². The highest BCUT2D eigenvalue weighted by Crippen LogP contribution is 2.34. The molecule has 8 heteroatoms. The van der Waals surface area contributed by atoms with Crippen LogP contribution in [0.1, 0.15) is 25.0 Å². The van der Waals surface area contributed by atoms with E-state index in [9.17, 15) is 18.0 Å². The van der Waals surface area contributed by atoms with Gasteiger partial charge >= 0.3 is 5.97 Å². The lowest BCUT2D eigenvalue weighted by Gasteiger charge is -2.22. The normalized spacial score (nSPS) is 16.0. The number of nitrogens with zero attached hydrogens (tertiary/aromatic N) is 2. The molecule has 0 spiro atoms. The number of esters is 1. The number of rotatable bonds is 6. The average Bonchev–Trinajstić information content (AvgIpc) is 3.03. The zero-order valence-corrected chi connectivity index (χ0v) is 17.5. The van der Waals surface area contributed by atoms with Gasteiger partial charge in [-0.25, -0.2) is 8.42 Å². The summed E-state index contributed by atoms with van der Waals surface area (Å²) in [6.07, 6.45) is 0.577. The first-order valence-electron chi connectivity index (χ1n) is 9.27. The van der Waals surface area contributed by atoms with Crippen molar-refractivity contribution < 1.29 is 22.7 Å². The summed E-state index contributed by atoms with van der Waals surface area (Å²) in [7, 11) is -2.73. The van der Waals surface area contributed by atoms with Crippen LogP contribution in [-0.4, -0.2) is 44.3 Å². The zero-order valence-electron chi connectivity index (χ0n) is 16.7. The minimum atomic E-state index is -3.95. The summed E-state index contributed by atoms with van der Waals surface area (Å²) in [5.41, 5.74) is 2.29. The van der Waals surface area contributed by atoms with E-state index in [1.54, 1.807) is 29.2 Å². The maximum absolute atomic E-state index is 13.3. The van der Waals surface area contributed by atoms with Gasteiger partial charge in [0.15, 0.2) is 0 Å². The van der Waals surface area contributed by atoms with E-state index in [4.69, 9.17) is 0 Å². The molecule has 0 fully saturated rings. The number of ether oxygens (including phenoxy) is 1. The van der Waals surface area contributed by atoms with Crippen molar-refractivity contribution in [3.63, 3.8) is 0 Å². The number of amides is 1. The fraction of sp³-hybridized carbons (Fsp3) is 0.333. The highest BCUT2D eigenvalue weighted by molar-refractivity contribution is 7.89. The van der Waals surface area contributed by atoms with Gasteiger partial charge in [0.1, 0.15) is 6.54 Å². The third-order valence-electron chi connectivity index (χ3n) is 4.98. The summed E-state index contributed by atoms with van der Waals surface area (Å²) in [6, 6.07) is 13.8. The Labute approximate surface area is 170 Å². The summed E-state index contributed by atoms with van der Waals surface area (Å²) in [5.74, 6) is -0.717. The quantitative estimate of drug-likeness (QED) is 0.675. The summed E-state index contributed by atoms with van der Waals surface area (Å²) >= 11 is 0. The van der Waals surface area contributed by atoms with E-state index in [2.05, 4.69) is 4.74 Å². The molecule has 1 heterocycles. The number of carbonyl (C=O) groups is 2. The molecule has 1 atom stereocenters. The maximum Gasteiger partial charge on any atom is 0.321 e. The van der Waals surface area contributed by atoms with Crippen molar-refractivity contribution in [3.8, 4) is 0 Å². The molecule has 1 aliphatic rings. The second-order valence-electron chi connectivity index (χ2n) is 7.07. The molecule has 7 nitrogen and oxygen atoms in total. The highest BCUT2D eigenvalue weighted by Gasteiger charge is 2.32. The Morgan fingerprint density at radius 1 is 1.17 bits per heavy atom. The van der Waals surface area contributed by atoms with Gasteiger partial charge in [0, 0.05) is 25.2 Å². The molecule has 2 aromatic rings. The van der Waals surface area contributed by atoms with Crippen LogP contribution in [0.2, 0.25) is 0 Å². The van der Waals surface area contributed by atoms with Gasteiger partial charge in [-0.2, -0.15) is 4.31 Å². The van der Waals surface area contributed by atoms with Crippen molar-refractivity contribution in [1.82, 2.24) is 4.31 Å². The predicted molar refractivity (Wildman–Crippen MR) is 109 cm³/mol. The van der Waals surface area contributed by atoms with E-state index in [1.165, 1.54) is 20.1 Å². The maximum atomic E-state index is 13.3. The second-order valence-corrected chi connectivity index (χ2v) is 9.01. The molecule has 154 valence electrons. The number of sulfonamides is 1. The highest BCUT2D eigenvalue weighted by atomic mass is 32.2. The molecule has 0 radical (unpaired) electrons. The molecule has 1 amide bonds. The van der Waals surface area contributed by atoms with Crippen molar-refractivity contribution >= 4 is 27.6 Å². The molecular formula is C21H24N2O5S. The first kappa shape index (κ1) is 21.0. The van der Waals surface area contributed by atoms with Crippen molar-refractivity contribution in [3.05, 3.63) is 59.7 Å². The van der Waals surface area contributed by atoms with Gasteiger partial charge in [-0.05, 0) is 42.7 Å². The second kappa shape index (κ2) is 8.34. The fourth-order valence-corrected chi connectivity index (χ4v) is 5.04. The van der Waals surface area contributed by atoms with Gasteiger partial charge in [0.05, 0.1) is 12.0 Å². The lowest BCUT2D eigenvalue weighted by molar-refractivity contribution is -0.140. The third-order valence-corrected chi connectivity index (χ3v) is 6.77. The Kier molecular flexibility index (Phi) is 6.04. The molecule has 0 saturated heterocycles. The molecule has 0 bridgehead atoms. The van der Waals surface area contributed by atoms with Crippen LogP contribution in [0.4, 0.5) is 5.69 Å². The molecule has 0 saturated carbocycles. The smallest absolute Gasteiger partial charge is 0.321 e. The minimum absolute atomic E-state index is 0.0315. The average molecular weight is 416 g/mol. The SMILES string of the molecule is COC(=O)CN(Cc1ccccc1)S(=O)(=O)c1ccc2c(c1)CC(C)N2C(C)=O. The number of fused-ring (bicyclic) bond motifs is 1. The molecule has 2 aromatic carbocycles. The Hall–Kier alpha value is -2.71. The number of methoxy groups -OCH3 is 1. The van der Waals surface area contributed by atoms with E-state index in [-0.39, 0.29) is 29.9 Å². The van der Waals surface area contributed by atoms with Gasteiger partial charge in [-0.15, -0.1) is 0 Å². The minimum Gasteiger partial charge on any atom is -0.468 e. The molecule has 3 rings (SSSR count). The van der Waals surface area contributed by atoms with E-state index in [0.29, 0.717) is 6.42 Å². The van der Waals surface area contributed by atoms with Crippen LogP contribution in [0.5, 0.6) is 0 Å². The van der Waals surface area contributed by atoms with Crippen LogP contribution in [0.25, 0.3) is 0 Å². The molecule has 0 aromatic heterocycles. The summed E-state index contributed by atoms with van der Waals surface area (Å²) in [4.78, 5) is 25.5. The largest absolute Gasteiger partial charge is 0.468 e. The van der Waals surface area contributed by atoms with Crippen LogP contribution in [-0.2, 0) is 37.3 Å². The van der Waals surface area contributed by atoms with Gasteiger partial charge in [0.2, 0.25) is 15.9 Å². The Morgan fingerprint density at radius 2 is 1.86 bits per heavy atom. The first-order valence-corrected chi connectivity index (χ1v) is 10.7. The summed E-state index contributed by atoms with van der Waals surface area (Å²) in [6.45, 7) is 3.08. The van der Waals surface area contributed by atoms with E-state index in [0.717, 1.165) is 21.1 Å². The van der Waals surface area contributed by atoms with Gasteiger partial charge in [0.25, 0.3) is 0 Å². The van der Waals surface area contributed by atoms with Crippen LogP contribution >= 0.6 is 0 Å². The lowest BCUT2D eigenvalue weighted by atomic mass is 10.1. The lowest BCUT2D eigenvalue weighted by Crippen LogP contribution is -2.35. The fourth-order valence-electron chi connectivity index (χ4n) is 3.62. The van der Waals surface area contributed by atoms with Gasteiger partial charge in [-0.1, -0.05) is 30.3 Å². The summed E-state index contributed by atoms with van der Waals surface area (Å²) < 4.78 is 32.4. The van der Waals surface area contributed by atoms with Crippen molar-refractivity contribution in [1.29, 1.82) is 0 Å². The third kappa shape index (κ3) is 4.33. The zero-order chi connectivity index (χ0) is 21.2. The van der Waals surface area contributed by atoms with Crippen molar-refractivity contribution in [2.75, 3.05) is 18.6 Å². The van der Waals surface area contributed by atoms with E-state index < -0.39 is 16.0 Å². The van der Waals surface area contributed by atoms with Gasteiger partial charge in [-0.3, -0.25) is 9.59 Å². The number of benzene rings is 2. The molecule has 29 heavy (non-hydrogen) atoms. The molecule has 1 unspecified atom stereocenters. The standard InChI is InChI=1S/C21H24N2O5S/c1-15-11-18-12-19(9-10-20(18)23(15)16(2)24)29(26,27)22(14-21(25)28-3)13-17-7-5-4-6-8-17/h4-10,12,15H,11,13-14H2,1-3H3. The Balaban J connectivity index is 1.97. The van der Waals surface area contributed by atoms with Crippen LogP contribution in [0, 0.1) is 0 Å². The Bertz CT molecular complexity index is 1020. The molecular weight excluding hydrogens is 392 g/mol. The molecule has 0 aliphatic carbocycles. The van der Waals surface area contributed by atoms with E-state index in [1.807, 2.05) is 25.1 Å². The number of carbonyl (C=O) groups excluding carboxylic acids is 2.